The molecular weight excluding hydrogens is 270 g/mol. The van der Waals surface area contributed by atoms with E-state index in [1.807, 2.05) is 18.2 Å². The SMILES string of the molecule is CCC1CCC(CN)(C2CS(=O)(=O)c3ccccc32)C1. The van der Waals surface area contributed by atoms with E-state index >= 15 is 0 Å². The Bertz CT molecular complexity index is 611. The average Bonchev–Trinajstić information content (AvgIpc) is 3.00. The molecule has 1 aliphatic carbocycles. The number of benzene rings is 1. The van der Waals surface area contributed by atoms with Gasteiger partial charge in [-0.05, 0) is 48.8 Å². The van der Waals surface area contributed by atoms with Gasteiger partial charge >= 0.3 is 0 Å². The van der Waals surface area contributed by atoms with Gasteiger partial charge in [0.25, 0.3) is 0 Å². The monoisotopic (exact) mass is 293 g/mol. The van der Waals surface area contributed by atoms with E-state index in [1.165, 1.54) is 12.8 Å². The van der Waals surface area contributed by atoms with Crippen molar-refractivity contribution < 1.29 is 8.42 Å². The van der Waals surface area contributed by atoms with Gasteiger partial charge in [0.2, 0.25) is 0 Å². The maximum atomic E-state index is 12.4. The van der Waals surface area contributed by atoms with Crippen LogP contribution in [0.1, 0.15) is 44.1 Å². The van der Waals surface area contributed by atoms with E-state index in [9.17, 15) is 8.42 Å². The molecule has 2 N–H and O–H groups in total. The molecule has 0 amide bonds. The summed E-state index contributed by atoms with van der Waals surface area (Å²) in [5.74, 6) is 1.04. The normalized spacial score (nSPS) is 35.1. The average molecular weight is 293 g/mol. The van der Waals surface area contributed by atoms with Crippen LogP contribution in [0.25, 0.3) is 0 Å². The molecule has 1 saturated carbocycles. The Morgan fingerprint density at radius 2 is 2.10 bits per heavy atom. The first-order valence-corrected chi connectivity index (χ1v) is 9.19. The summed E-state index contributed by atoms with van der Waals surface area (Å²) in [7, 11) is -3.12. The number of sulfone groups is 1. The molecule has 0 bridgehead atoms. The highest BCUT2D eigenvalue weighted by Crippen LogP contribution is 2.55. The zero-order chi connectivity index (χ0) is 14.4. The number of hydrogen-bond donors (Lipinski definition) is 1. The number of fused-ring (bicyclic) bond motifs is 1. The summed E-state index contributed by atoms with van der Waals surface area (Å²) in [6.45, 7) is 2.81. The van der Waals surface area contributed by atoms with Gasteiger partial charge in [0.05, 0.1) is 10.6 Å². The van der Waals surface area contributed by atoms with Crippen molar-refractivity contribution >= 4 is 9.84 Å². The van der Waals surface area contributed by atoms with E-state index in [-0.39, 0.29) is 17.1 Å². The van der Waals surface area contributed by atoms with Gasteiger partial charge in [-0.15, -0.1) is 0 Å². The molecule has 3 atom stereocenters. The van der Waals surface area contributed by atoms with Gasteiger partial charge in [-0.2, -0.15) is 0 Å². The molecule has 3 unspecified atom stereocenters. The molecule has 3 rings (SSSR count). The summed E-state index contributed by atoms with van der Waals surface area (Å²) in [5.41, 5.74) is 7.11. The Morgan fingerprint density at radius 3 is 2.75 bits per heavy atom. The Labute approximate surface area is 121 Å². The standard InChI is InChI=1S/C16H23NO2S/c1-2-12-7-8-16(9-12,11-17)14-10-20(18,19)15-6-4-3-5-13(14)15/h3-6,12,14H,2,7-11,17H2,1H3. The fourth-order valence-corrected chi connectivity index (χ4v) is 6.23. The molecule has 1 fully saturated rings. The second-order valence-electron chi connectivity index (χ2n) is 6.46. The zero-order valence-corrected chi connectivity index (χ0v) is 12.8. The van der Waals surface area contributed by atoms with Gasteiger partial charge in [0.1, 0.15) is 0 Å². The van der Waals surface area contributed by atoms with E-state index in [2.05, 4.69) is 6.92 Å². The highest BCUT2D eigenvalue weighted by Gasteiger charge is 2.50. The molecule has 4 heteroatoms. The van der Waals surface area contributed by atoms with Crippen LogP contribution in [0.2, 0.25) is 0 Å². The molecule has 0 aromatic heterocycles. The second kappa shape index (κ2) is 4.85. The van der Waals surface area contributed by atoms with Crippen molar-refractivity contribution in [2.45, 2.75) is 43.4 Å². The molecule has 2 aliphatic rings. The first-order chi connectivity index (χ1) is 9.52. The van der Waals surface area contributed by atoms with Crippen LogP contribution < -0.4 is 5.73 Å². The van der Waals surface area contributed by atoms with Gasteiger partial charge in [0.15, 0.2) is 9.84 Å². The van der Waals surface area contributed by atoms with Crippen molar-refractivity contribution in [1.82, 2.24) is 0 Å². The molecule has 3 nitrogen and oxygen atoms in total. The van der Waals surface area contributed by atoms with Gasteiger partial charge in [0, 0.05) is 5.92 Å². The lowest BCUT2D eigenvalue weighted by molar-refractivity contribution is 0.244. The van der Waals surface area contributed by atoms with Gasteiger partial charge in [-0.3, -0.25) is 0 Å². The second-order valence-corrected chi connectivity index (χ2v) is 8.46. The molecular formula is C16H23NO2S. The topological polar surface area (TPSA) is 60.2 Å². The summed E-state index contributed by atoms with van der Waals surface area (Å²) >= 11 is 0. The van der Waals surface area contributed by atoms with E-state index in [0.29, 0.717) is 17.4 Å². The Morgan fingerprint density at radius 1 is 1.35 bits per heavy atom. The van der Waals surface area contributed by atoms with E-state index < -0.39 is 9.84 Å². The van der Waals surface area contributed by atoms with Crippen LogP contribution in [0.15, 0.2) is 29.2 Å². The first kappa shape index (κ1) is 14.1. The lowest BCUT2D eigenvalue weighted by atomic mass is 9.71. The fourth-order valence-electron chi connectivity index (χ4n) is 4.22. The summed E-state index contributed by atoms with van der Waals surface area (Å²) in [6, 6.07) is 7.50. The summed E-state index contributed by atoms with van der Waals surface area (Å²) in [4.78, 5) is 0.540. The quantitative estimate of drug-likeness (QED) is 0.932. The maximum absolute atomic E-state index is 12.4. The lowest BCUT2D eigenvalue weighted by Gasteiger charge is -2.34. The molecule has 1 aliphatic heterocycles. The van der Waals surface area contributed by atoms with Crippen LogP contribution in [0.3, 0.4) is 0 Å². The smallest absolute Gasteiger partial charge is 0.179 e. The van der Waals surface area contributed by atoms with Crippen molar-refractivity contribution in [3.63, 3.8) is 0 Å². The molecule has 1 aromatic carbocycles. The molecule has 0 saturated heterocycles. The number of hydrogen-bond acceptors (Lipinski definition) is 3. The van der Waals surface area contributed by atoms with Crippen molar-refractivity contribution in [2.24, 2.45) is 17.1 Å². The zero-order valence-electron chi connectivity index (χ0n) is 12.0. The minimum Gasteiger partial charge on any atom is -0.330 e. The van der Waals surface area contributed by atoms with Crippen LogP contribution >= 0.6 is 0 Å². The Hall–Kier alpha value is -0.870. The van der Waals surface area contributed by atoms with Gasteiger partial charge in [-0.25, -0.2) is 8.42 Å². The van der Waals surface area contributed by atoms with Crippen LogP contribution in [-0.4, -0.2) is 20.7 Å². The van der Waals surface area contributed by atoms with Gasteiger partial charge in [-0.1, -0.05) is 31.5 Å². The Kier molecular flexibility index (Phi) is 3.41. The predicted molar refractivity (Wildman–Crippen MR) is 80.4 cm³/mol. The molecule has 20 heavy (non-hydrogen) atoms. The minimum absolute atomic E-state index is 0.0135. The van der Waals surface area contributed by atoms with Gasteiger partial charge < -0.3 is 5.73 Å². The van der Waals surface area contributed by atoms with Crippen molar-refractivity contribution in [1.29, 1.82) is 0 Å². The third-order valence-electron chi connectivity index (χ3n) is 5.48. The molecule has 110 valence electrons. The van der Waals surface area contributed by atoms with Crippen molar-refractivity contribution in [3.05, 3.63) is 29.8 Å². The minimum atomic E-state index is -3.12. The van der Waals surface area contributed by atoms with Crippen molar-refractivity contribution in [2.75, 3.05) is 12.3 Å². The van der Waals surface area contributed by atoms with E-state index in [1.54, 1.807) is 6.07 Å². The number of rotatable bonds is 3. The maximum Gasteiger partial charge on any atom is 0.179 e. The lowest BCUT2D eigenvalue weighted by Crippen LogP contribution is -2.35. The highest BCUT2D eigenvalue weighted by molar-refractivity contribution is 7.91. The van der Waals surface area contributed by atoms with Crippen LogP contribution in [0.4, 0.5) is 0 Å². The highest BCUT2D eigenvalue weighted by atomic mass is 32.2. The van der Waals surface area contributed by atoms with Crippen LogP contribution in [-0.2, 0) is 9.84 Å². The summed E-state index contributed by atoms with van der Waals surface area (Å²) < 4.78 is 24.8. The predicted octanol–water partition coefficient (Wildman–Crippen LogP) is 2.71. The number of nitrogens with two attached hydrogens (primary N) is 1. The van der Waals surface area contributed by atoms with Crippen molar-refractivity contribution in [3.8, 4) is 0 Å². The molecule has 1 heterocycles. The summed E-state index contributed by atoms with van der Waals surface area (Å²) in [5, 5.41) is 0. The van der Waals surface area contributed by atoms with Crippen LogP contribution in [0.5, 0.6) is 0 Å². The third-order valence-corrected chi connectivity index (χ3v) is 7.30. The first-order valence-electron chi connectivity index (χ1n) is 7.54. The van der Waals surface area contributed by atoms with E-state index in [0.717, 1.165) is 18.4 Å². The molecule has 1 aromatic rings. The fraction of sp³-hybridized carbons (Fsp3) is 0.625. The van der Waals surface area contributed by atoms with Crippen LogP contribution in [0, 0.1) is 11.3 Å². The summed E-state index contributed by atoms with van der Waals surface area (Å²) in [6.07, 6.45) is 4.50. The molecule has 0 radical (unpaired) electrons. The molecule has 0 spiro atoms. The Balaban J connectivity index is 2.03. The largest absolute Gasteiger partial charge is 0.330 e. The third kappa shape index (κ3) is 2.01. The van der Waals surface area contributed by atoms with E-state index in [4.69, 9.17) is 5.73 Å².